The van der Waals surface area contributed by atoms with E-state index in [1.807, 2.05) is 12.1 Å². The Kier molecular flexibility index (Phi) is 3.87. The number of rotatable bonds is 2. The molecule has 2 aromatic rings. The van der Waals surface area contributed by atoms with Gasteiger partial charge < -0.3 is 15.3 Å². The smallest absolute Gasteiger partial charge is 0.135 e. The summed E-state index contributed by atoms with van der Waals surface area (Å²) >= 11 is 0. The zero-order valence-corrected chi connectivity index (χ0v) is 13.2. The topological polar surface area (TPSA) is 61.3 Å². The average Bonchev–Trinajstić information content (AvgIpc) is 2.62. The van der Waals surface area contributed by atoms with Gasteiger partial charge in [0.25, 0.3) is 0 Å². The minimum Gasteiger partial charge on any atom is -0.508 e. The number of piperazine rings is 1. The number of hydrogen-bond donors (Lipinski definition) is 2. The van der Waals surface area contributed by atoms with Gasteiger partial charge in [-0.05, 0) is 43.4 Å². The average molecular weight is 310 g/mol. The summed E-state index contributed by atoms with van der Waals surface area (Å²) < 4.78 is 0. The molecule has 5 nitrogen and oxygen atoms in total. The lowest BCUT2D eigenvalue weighted by molar-refractivity contribution is 0.462. The number of aryl methyl sites for hydroxylation is 1. The number of hydrogen-bond acceptors (Lipinski definition) is 5. The molecule has 1 unspecified atom stereocenters. The summed E-state index contributed by atoms with van der Waals surface area (Å²) in [6, 6.07) is 7.75. The molecule has 0 amide bonds. The number of fused-ring (bicyclic) bond motifs is 1. The van der Waals surface area contributed by atoms with Gasteiger partial charge in [0.15, 0.2) is 0 Å². The van der Waals surface area contributed by atoms with E-state index in [4.69, 9.17) is 0 Å². The zero-order valence-electron chi connectivity index (χ0n) is 13.2. The van der Waals surface area contributed by atoms with Crippen molar-refractivity contribution in [2.24, 2.45) is 0 Å². The van der Waals surface area contributed by atoms with Gasteiger partial charge in [-0.25, -0.2) is 9.97 Å². The third-order valence-corrected chi connectivity index (χ3v) is 4.87. The molecule has 1 aromatic carbocycles. The maximum Gasteiger partial charge on any atom is 0.135 e. The van der Waals surface area contributed by atoms with Gasteiger partial charge in [0, 0.05) is 36.9 Å². The number of phenols is 1. The Labute approximate surface area is 136 Å². The first kappa shape index (κ1) is 14.5. The summed E-state index contributed by atoms with van der Waals surface area (Å²) in [5.41, 5.74) is 3.79. The van der Waals surface area contributed by atoms with Crippen molar-refractivity contribution in [3.8, 4) is 5.75 Å². The fourth-order valence-corrected chi connectivity index (χ4v) is 3.65. The van der Waals surface area contributed by atoms with E-state index >= 15 is 0 Å². The van der Waals surface area contributed by atoms with Crippen LogP contribution in [-0.2, 0) is 12.8 Å². The zero-order chi connectivity index (χ0) is 15.6. The predicted molar refractivity (Wildman–Crippen MR) is 89.7 cm³/mol. The number of anilines is 1. The van der Waals surface area contributed by atoms with E-state index in [0.717, 1.165) is 38.3 Å². The summed E-state index contributed by atoms with van der Waals surface area (Å²) in [5.74, 6) is 1.44. The molecule has 2 heterocycles. The minimum atomic E-state index is 0.263. The molecule has 1 aliphatic heterocycles. The molecule has 4 rings (SSSR count). The molecule has 1 saturated heterocycles. The molecule has 23 heavy (non-hydrogen) atoms. The molecule has 2 aliphatic rings. The van der Waals surface area contributed by atoms with Crippen LogP contribution in [0.5, 0.6) is 5.75 Å². The first-order chi connectivity index (χ1) is 11.3. The first-order valence-electron chi connectivity index (χ1n) is 8.41. The van der Waals surface area contributed by atoms with Gasteiger partial charge in [-0.1, -0.05) is 12.1 Å². The van der Waals surface area contributed by atoms with Gasteiger partial charge in [0.1, 0.15) is 17.9 Å². The molecular formula is C18H22N4O. The number of aromatic hydroxyl groups is 1. The number of benzene rings is 1. The van der Waals surface area contributed by atoms with Crippen molar-refractivity contribution in [2.75, 3.05) is 24.5 Å². The van der Waals surface area contributed by atoms with E-state index in [9.17, 15) is 5.11 Å². The van der Waals surface area contributed by atoms with E-state index in [1.165, 1.54) is 29.7 Å². The Morgan fingerprint density at radius 2 is 1.91 bits per heavy atom. The molecule has 0 spiro atoms. The van der Waals surface area contributed by atoms with Crippen LogP contribution in [0, 0.1) is 0 Å². The fourth-order valence-electron chi connectivity index (χ4n) is 3.65. The van der Waals surface area contributed by atoms with Gasteiger partial charge in [-0.2, -0.15) is 0 Å². The summed E-state index contributed by atoms with van der Waals surface area (Å²) in [5, 5.41) is 13.0. The van der Waals surface area contributed by atoms with Crippen molar-refractivity contribution in [3.05, 3.63) is 47.4 Å². The van der Waals surface area contributed by atoms with Crippen LogP contribution >= 0.6 is 0 Å². The van der Waals surface area contributed by atoms with E-state index in [0.29, 0.717) is 5.75 Å². The normalized spacial score (nSPS) is 21.0. The number of aromatic nitrogens is 2. The van der Waals surface area contributed by atoms with Gasteiger partial charge in [-0.3, -0.25) is 0 Å². The van der Waals surface area contributed by atoms with Crippen LogP contribution in [0.4, 0.5) is 5.82 Å². The minimum absolute atomic E-state index is 0.263. The van der Waals surface area contributed by atoms with E-state index < -0.39 is 0 Å². The first-order valence-corrected chi connectivity index (χ1v) is 8.41. The Hall–Kier alpha value is -2.14. The summed E-state index contributed by atoms with van der Waals surface area (Å²) in [4.78, 5) is 11.5. The number of nitrogens with zero attached hydrogens (tertiary/aromatic N) is 3. The van der Waals surface area contributed by atoms with Crippen molar-refractivity contribution in [1.82, 2.24) is 15.3 Å². The Balaban J connectivity index is 1.59. The second-order valence-electron chi connectivity index (χ2n) is 6.37. The molecule has 1 fully saturated rings. The van der Waals surface area contributed by atoms with Crippen LogP contribution in [-0.4, -0.2) is 34.7 Å². The van der Waals surface area contributed by atoms with Crippen LogP contribution in [0.3, 0.4) is 0 Å². The van der Waals surface area contributed by atoms with Gasteiger partial charge in [0.2, 0.25) is 0 Å². The molecule has 0 bridgehead atoms. The van der Waals surface area contributed by atoms with Gasteiger partial charge in [-0.15, -0.1) is 0 Å². The number of nitrogens with one attached hydrogen (secondary N) is 1. The lowest BCUT2D eigenvalue weighted by atomic mass is 9.95. The fraction of sp³-hybridized carbons (Fsp3) is 0.444. The maximum absolute atomic E-state index is 9.47. The highest BCUT2D eigenvalue weighted by Crippen LogP contribution is 2.29. The number of phenolic OH excluding ortho intramolecular Hbond substituents is 1. The Morgan fingerprint density at radius 3 is 2.78 bits per heavy atom. The molecule has 1 aromatic heterocycles. The van der Waals surface area contributed by atoms with Crippen molar-refractivity contribution in [3.63, 3.8) is 0 Å². The summed E-state index contributed by atoms with van der Waals surface area (Å²) in [6.07, 6.45) is 6.37. The third kappa shape index (κ3) is 2.88. The Bertz CT molecular complexity index is 686. The standard InChI is InChI=1S/C18H22N4O/c23-14-7-5-13(6-8-14)17-11-22(10-9-19-17)18-15-3-1-2-4-16(15)20-12-21-18/h5-8,12,17,19,23H,1-4,9-11H2. The van der Waals surface area contributed by atoms with Crippen molar-refractivity contribution in [1.29, 1.82) is 0 Å². The predicted octanol–water partition coefficient (Wildman–Crippen LogP) is 2.21. The monoisotopic (exact) mass is 310 g/mol. The second-order valence-corrected chi connectivity index (χ2v) is 6.37. The largest absolute Gasteiger partial charge is 0.508 e. The summed E-state index contributed by atoms with van der Waals surface area (Å²) in [7, 11) is 0. The van der Waals surface area contributed by atoms with Crippen LogP contribution in [0.15, 0.2) is 30.6 Å². The van der Waals surface area contributed by atoms with Crippen molar-refractivity contribution < 1.29 is 5.11 Å². The van der Waals surface area contributed by atoms with Crippen LogP contribution < -0.4 is 10.2 Å². The molecule has 1 atom stereocenters. The lowest BCUT2D eigenvalue weighted by Crippen LogP contribution is -2.46. The molecule has 0 saturated carbocycles. The molecule has 1 aliphatic carbocycles. The molecular weight excluding hydrogens is 288 g/mol. The molecule has 5 heteroatoms. The maximum atomic E-state index is 9.47. The lowest BCUT2D eigenvalue weighted by Gasteiger charge is -2.36. The SMILES string of the molecule is Oc1ccc(C2CN(c3ncnc4c3CCCC4)CCN2)cc1. The van der Waals surface area contributed by atoms with E-state index in [1.54, 1.807) is 18.5 Å². The highest BCUT2D eigenvalue weighted by molar-refractivity contribution is 5.50. The summed E-state index contributed by atoms with van der Waals surface area (Å²) in [6.45, 7) is 2.80. The van der Waals surface area contributed by atoms with Crippen LogP contribution in [0.2, 0.25) is 0 Å². The van der Waals surface area contributed by atoms with Crippen molar-refractivity contribution in [2.45, 2.75) is 31.7 Å². The van der Waals surface area contributed by atoms with E-state index in [2.05, 4.69) is 20.2 Å². The van der Waals surface area contributed by atoms with Gasteiger partial charge >= 0.3 is 0 Å². The van der Waals surface area contributed by atoms with Crippen LogP contribution in [0.1, 0.15) is 35.7 Å². The van der Waals surface area contributed by atoms with E-state index in [-0.39, 0.29) is 6.04 Å². The highest BCUT2D eigenvalue weighted by Gasteiger charge is 2.25. The Morgan fingerprint density at radius 1 is 1.09 bits per heavy atom. The molecule has 0 radical (unpaired) electrons. The highest BCUT2D eigenvalue weighted by atomic mass is 16.3. The van der Waals surface area contributed by atoms with Crippen LogP contribution in [0.25, 0.3) is 0 Å². The molecule has 2 N–H and O–H groups in total. The quantitative estimate of drug-likeness (QED) is 0.890. The third-order valence-electron chi connectivity index (χ3n) is 4.87. The van der Waals surface area contributed by atoms with Crippen molar-refractivity contribution >= 4 is 5.82 Å². The van der Waals surface area contributed by atoms with Gasteiger partial charge in [0.05, 0.1) is 0 Å². The molecule has 120 valence electrons. The second kappa shape index (κ2) is 6.16.